The molecule has 0 aliphatic carbocycles. The van der Waals surface area contributed by atoms with E-state index >= 15 is 0 Å². The predicted molar refractivity (Wildman–Crippen MR) is 140 cm³/mol. The Morgan fingerprint density at radius 1 is 1.06 bits per heavy atom. The second-order valence-electron chi connectivity index (χ2n) is 8.61. The van der Waals surface area contributed by atoms with Gasteiger partial charge in [0.15, 0.2) is 0 Å². The van der Waals surface area contributed by atoms with Gasteiger partial charge in [0.1, 0.15) is 0 Å². The largest absolute Gasteiger partial charge is 0.326 e. The summed E-state index contributed by atoms with van der Waals surface area (Å²) in [6, 6.07) is 20.3. The molecule has 1 unspecified atom stereocenters. The maximum atomic E-state index is 13.2. The minimum Gasteiger partial charge on any atom is -0.326 e. The van der Waals surface area contributed by atoms with E-state index in [2.05, 4.69) is 5.32 Å². The number of amides is 3. The number of benzene rings is 3. The topological polar surface area (TPSA) is 69.7 Å². The minimum absolute atomic E-state index is 0.0175. The number of carbonyl (C=O) groups is 3. The molecule has 3 amide bonds. The van der Waals surface area contributed by atoms with Gasteiger partial charge in [-0.2, -0.15) is 0 Å². The third kappa shape index (κ3) is 4.66. The molecule has 1 fully saturated rings. The molecule has 178 valence electrons. The number of hydrogen-bond acceptors (Lipinski definition) is 4. The van der Waals surface area contributed by atoms with Gasteiger partial charge in [0.05, 0.1) is 17.2 Å². The molecule has 0 aromatic heterocycles. The van der Waals surface area contributed by atoms with Crippen LogP contribution in [0.2, 0.25) is 5.02 Å². The molecule has 2 aliphatic rings. The van der Waals surface area contributed by atoms with E-state index in [-0.39, 0.29) is 24.1 Å². The van der Waals surface area contributed by atoms with Crippen molar-refractivity contribution in [2.45, 2.75) is 29.6 Å². The lowest BCUT2D eigenvalue weighted by atomic mass is 10.1. The van der Waals surface area contributed by atoms with Crippen LogP contribution in [-0.2, 0) is 9.59 Å². The number of hydrogen-bond donors (Lipinski definition) is 1. The summed E-state index contributed by atoms with van der Waals surface area (Å²) in [5, 5.41) is 3.52. The van der Waals surface area contributed by atoms with Crippen LogP contribution < -0.4 is 15.1 Å². The SMILES string of the molecule is CCCN1C(=O)c2ccccc2Sc2cc(NC(=O)C3CC(=O)N(c4cccc(Cl)c4)C3)ccc21. The Bertz CT molecular complexity index is 1330. The van der Waals surface area contributed by atoms with Crippen LogP contribution in [0.5, 0.6) is 0 Å². The highest BCUT2D eigenvalue weighted by atomic mass is 35.5. The van der Waals surface area contributed by atoms with Gasteiger partial charge in [0.2, 0.25) is 11.8 Å². The lowest BCUT2D eigenvalue weighted by Gasteiger charge is -2.23. The Kier molecular flexibility index (Phi) is 6.54. The molecule has 0 saturated carbocycles. The van der Waals surface area contributed by atoms with Crippen LogP contribution in [-0.4, -0.2) is 30.8 Å². The van der Waals surface area contributed by atoms with E-state index in [1.165, 1.54) is 11.8 Å². The number of rotatable bonds is 5. The molecule has 0 radical (unpaired) electrons. The Morgan fingerprint density at radius 3 is 2.69 bits per heavy atom. The van der Waals surface area contributed by atoms with Crippen molar-refractivity contribution in [3.8, 4) is 0 Å². The molecule has 1 N–H and O–H groups in total. The quantitative estimate of drug-likeness (QED) is 0.472. The van der Waals surface area contributed by atoms with Gasteiger partial charge in [-0.05, 0) is 55.0 Å². The van der Waals surface area contributed by atoms with Crippen LogP contribution >= 0.6 is 23.4 Å². The summed E-state index contributed by atoms with van der Waals surface area (Å²) in [4.78, 5) is 44.1. The first-order chi connectivity index (χ1) is 16.9. The van der Waals surface area contributed by atoms with Gasteiger partial charge in [-0.3, -0.25) is 14.4 Å². The summed E-state index contributed by atoms with van der Waals surface area (Å²) in [7, 11) is 0. The van der Waals surface area contributed by atoms with E-state index in [1.807, 2.05) is 55.5 Å². The van der Waals surface area contributed by atoms with Crippen LogP contribution in [0.4, 0.5) is 17.1 Å². The first kappa shape index (κ1) is 23.5. The first-order valence-corrected chi connectivity index (χ1v) is 12.7. The third-order valence-electron chi connectivity index (χ3n) is 6.16. The molecule has 2 aliphatic heterocycles. The molecule has 2 heterocycles. The molecule has 35 heavy (non-hydrogen) atoms. The monoisotopic (exact) mass is 505 g/mol. The molecule has 3 aromatic carbocycles. The van der Waals surface area contributed by atoms with E-state index < -0.39 is 5.92 Å². The van der Waals surface area contributed by atoms with Crippen LogP contribution in [0.1, 0.15) is 30.1 Å². The Balaban J connectivity index is 1.37. The molecular formula is C27H24ClN3O3S. The highest BCUT2D eigenvalue weighted by Gasteiger charge is 2.35. The van der Waals surface area contributed by atoms with E-state index in [0.717, 1.165) is 21.9 Å². The third-order valence-corrected chi connectivity index (χ3v) is 7.52. The van der Waals surface area contributed by atoms with Crippen LogP contribution in [0.25, 0.3) is 0 Å². The van der Waals surface area contributed by atoms with Gasteiger partial charge in [0.25, 0.3) is 5.91 Å². The Morgan fingerprint density at radius 2 is 1.89 bits per heavy atom. The van der Waals surface area contributed by atoms with Crippen molar-refractivity contribution in [1.82, 2.24) is 0 Å². The van der Waals surface area contributed by atoms with Crippen molar-refractivity contribution in [3.63, 3.8) is 0 Å². The average molecular weight is 506 g/mol. The van der Waals surface area contributed by atoms with Gasteiger partial charge in [-0.15, -0.1) is 0 Å². The Labute approximate surface area is 213 Å². The Hall–Kier alpha value is -3.29. The maximum absolute atomic E-state index is 13.2. The van der Waals surface area contributed by atoms with Crippen molar-refractivity contribution in [1.29, 1.82) is 0 Å². The minimum atomic E-state index is -0.466. The zero-order valence-electron chi connectivity index (χ0n) is 19.2. The average Bonchev–Trinajstić information content (AvgIpc) is 3.20. The van der Waals surface area contributed by atoms with Crippen LogP contribution in [0.15, 0.2) is 76.5 Å². The summed E-state index contributed by atoms with van der Waals surface area (Å²) in [6.07, 6.45) is 0.972. The maximum Gasteiger partial charge on any atom is 0.259 e. The number of halogens is 1. The summed E-state index contributed by atoms with van der Waals surface area (Å²) < 4.78 is 0. The summed E-state index contributed by atoms with van der Waals surface area (Å²) in [6.45, 7) is 2.95. The van der Waals surface area contributed by atoms with Gasteiger partial charge in [-0.1, -0.05) is 48.5 Å². The summed E-state index contributed by atoms with van der Waals surface area (Å²) in [5.74, 6) is -0.790. The van der Waals surface area contributed by atoms with E-state index in [9.17, 15) is 14.4 Å². The summed E-state index contributed by atoms with van der Waals surface area (Å²) in [5.41, 5.74) is 2.84. The van der Waals surface area contributed by atoms with Crippen molar-refractivity contribution in [3.05, 3.63) is 77.3 Å². The van der Waals surface area contributed by atoms with Crippen LogP contribution in [0, 0.1) is 5.92 Å². The first-order valence-electron chi connectivity index (χ1n) is 11.5. The molecule has 5 rings (SSSR count). The molecule has 3 aromatic rings. The number of anilines is 3. The van der Waals surface area contributed by atoms with Crippen molar-refractivity contribution in [2.24, 2.45) is 5.92 Å². The molecule has 1 saturated heterocycles. The predicted octanol–water partition coefficient (Wildman–Crippen LogP) is 5.85. The fourth-order valence-corrected chi connectivity index (χ4v) is 5.77. The van der Waals surface area contributed by atoms with Gasteiger partial charge >= 0.3 is 0 Å². The second kappa shape index (κ2) is 9.76. The second-order valence-corrected chi connectivity index (χ2v) is 10.1. The lowest BCUT2D eigenvalue weighted by molar-refractivity contribution is -0.122. The smallest absolute Gasteiger partial charge is 0.259 e. The zero-order chi connectivity index (χ0) is 24.5. The highest BCUT2D eigenvalue weighted by molar-refractivity contribution is 7.99. The molecule has 6 nitrogen and oxygen atoms in total. The standard InChI is InChI=1S/C27H24ClN3O3S/c1-2-12-30-22-11-10-19(15-24(22)35-23-9-4-3-8-21(23)27(30)34)29-26(33)17-13-25(32)31(16-17)20-7-5-6-18(28)14-20/h3-11,14-15,17H,2,12-13,16H2,1H3,(H,29,33). The number of nitrogens with zero attached hydrogens (tertiary/aromatic N) is 2. The normalized spacial score (nSPS) is 17.1. The number of fused-ring (bicyclic) bond motifs is 2. The van der Waals surface area contributed by atoms with Gasteiger partial charge in [-0.25, -0.2) is 0 Å². The zero-order valence-corrected chi connectivity index (χ0v) is 20.7. The van der Waals surface area contributed by atoms with Crippen molar-refractivity contribution < 1.29 is 14.4 Å². The van der Waals surface area contributed by atoms with Gasteiger partial charge in [0, 0.05) is 45.7 Å². The fraction of sp³-hybridized carbons (Fsp3) is 0.222. The van der Waals surface area contributed by atoms with E-state index in [1.54, 1.807) is 28.0 Å². The molecule has 0 bridgehead atoms. The molecule has 8 heteroatoms. The lowest BCUT2D eigenvalue weighted by Crippen LogP contribution is -2.31. The summed E-state index contributed by atoms with van der Waals surface area (Å²) >= 11 is 7.59. The molecular weight excluding hydrogens is 482 g/mol. The van der Waals surface area contributed by atoms with Crippen molar-refractivity contribution in [2.75, 3.05) is 28.2 Å². The fourth-order valence-electron chi connectivity index (χ4n) is 4.47. The number of nitrogens with one attached hydrogen (secondary N) is 1. The van der Waals surface area contributed by atoms with E-state index in [4.69, 9.17) is 11.6 Å². The molecule has 1 atom stereocenters. The number of carbonyl (C=O) groups excluding carboxylic acids is 3. The highest BCUT2D eigenvalue weighted by Crippen LogP contribution is 2.42. The van der Waals surface area contributed by atoms with Gasteiger partial charge < -0.3 is 15.1 Å². The van der Waals surface area contributed by atoms with E-state index in [0.29, 0.717) is 35.1 Å². The van der Waals surface area contributed by atoms with Crippen LogP contribution in [0.3, 0.4) is 0 Å². The van der Waals surface area contributed by atoms with Crippen molar-refractivity contribution >= 4 is 58.1 Å². The molecule has 0 spiro atoms.